The van der Waals surface area contributed by atoms with Gasteiger partial charge in [0.2, 0.25) is 0 Å². The zero-order valence-corrected chi connectivity index (χ0v) is 45.6. The minimum Gasteiger partial charge on any atom is -0.462 e. The van der Waals surface area contributed by atoms with E-state index in [9.17, 15) is 14.4 Å². The maximum absolute atomic E-state index is 12.8. The molecule has 0 rings (SSSR count). The van der Waals surface area contributed by atoms with Crippen molar-refractivity contribution < 1.29 is 28.6 Å². The lowest BCUT2D eigenvalue weighted by Gasteiger charge is -2.18. The van der Waals surface area contributed by atoms with Gasteiger partial charge in [0.15, 0.2) is 6.10 Å². The summed E-state index contributed by atoms with van der Waals surface area (Å²) in [5, 5.41) is 0. The summed E-state index contributed by atoms with van der Waals surface area (Å²) in [6.07, 6.45) is 73.6. The van der Waals surface area contributed by atoms with E-state index in [1.807, 2.05) is 0 Å². The summed E-state index contributed by atoms with van der Waals surface area (Å²) in [6.45, 7) is 6.49. The van der Waals surface area contributed by atoms with Gasteiger partial charge in [0.05, 0.1) is 0 Å². The monoisotopic (exact) mass is 963 g/mol. The van der Waals surface area contributed by atoms with Crippen LogP contribution in [0.3, 0.4) is 0 Å². The Hall–Kier alpha value is -3.15. The van der Waals surface area contributed by atoms with Crippen LogP contribution in [0.15, 0.2) is 72.9 Å². The van der Waals surface area contributed by atoms with Crippen LogP contribution in [0.1, 0.15) is 290 Å². The van der Waals surface area contributed by atoms with Gasteiger partial charge in [0.25, 0.3) is 0 Å². The first-order valence-electron chi connectivity index (χ1n) is 29.4. The van der Waals surface area contributed by atoms with Crippen molar-refractivity contribution in [3.8, 4) is 0 Å². The minimum atomic E-state index is -0.771. The Balaban J connectivity index is 4.09. The summed E-state index contributed by atoms with van der Waals surface area (Å²) in [6, 6.07) is 0. The summed E-state index contributed by atoms with van der Waals surface area (Å²) >= 11 is 0. The van der Waals surface area contributed by atoms with Gasteiger partial charge in [0.1, 0.15) is 13.2 Å². The van der Waals surface area contributed by atoms with E-state index >= 15 is 0 Å². The zero-order chi connectivity index (χ0) is 50.0. The highest BCUT2D eigenvalue weighted by Crippen LogP contribution is 2.16. The number of hydrogen-bond acceptors (Lipinski definition) is 6. The Bertz CT molecular complexity index is 1290. The molecule has 0 fully saturated rings. The predicted octanol–water partition coefficient (Wildman–Crippen LogP) is 19.8. The van der Waals surface area contributed by atoms with E-state index in [2.05, 4.69) is 93.7 Å². The molecule has 0 heterocycles. The summed E-state index contributed by atoms with van der Waals surface area (Å²) in [4.78, 5) is 37.9. The number of hydrogen-bond donors (Lipinski definition) is 0. The molecule has 0 aromatic carbocycles. The van der Waals surface area contributed by atoms with Crippen molar-refractivity contribution >= 4 is 17.9 Å². The second-order valence-corrected chi connectivity index (χ2v) is 19.5. The number of rotatable bonds is 53. The van der Waals surface area contributed by atoms with Crippen LogP contribution in [-0.4, -0.2) is 37.2 Å². The van der Waals surface area contributed by atoms with Gasteiger partial charge in [-0.1, -0.05) is 273 Å². The molecule has 398 valence electrons. The minimum absolute atomic E-state index is 0.0733. The van der Waals surface area contributed by atoms with Gasteiger partial charge in [-0.3, -0.25) is 14.4 Å². The topological polar surface area (TPSA) is 78.9 Å². The van der Waals surface area contributed by atoms with Crippen LogP contribution in [0.5, 0.6) is 0 Å². The lowest BCUT2D eigenvalue weighted by Crippen LogP contribution is -2.30. The number of carbonyl (C=O) groups excluding carboxylic acids is 3. The molecular formula is C63H110O6. The van der Waals surface area contributed by atoms with Gasteiger partial charge in [-0.25, -0.2) is 0 Å². The third-order valence-corrected chi connectivity index (χ3v) is 12.7. The third-order valence-electron chi connectivity index (χ3n) is 12.7. The first-order valence-corrected chi connectivity index (χ1v) is 29.4. The SMILES string of the molecule is CC/C=C\C/C=C\C/C=C\C/C=C\C/C=C\C/C=C\CCCCCCCCCCCCC(=O)OCC(COC(=O)CCCCCCCC)OC(=O)CCCCCCCCCCCCCCCCCC. The fourth-order valence-electron chi connectivity index (χ4n) is 8.33. The highest BCUT2D eigenvalue weighted by atomic mass is 16.6. The molecule has 0 aromatic rings. The molecule has 6 nitrogen and oxygen atoms in total. The normalized spacial score (nSPS) is 12.6. The molecule has 1 unspecified atom stereocenters. The van der Waals surface area contributed by atoms with Crippen molar-refractivity contribution in [2.45, 2.75) is 297 Å². The lowest BCUT2D eigenvalue weighted by atomic mass is 10.0. The Morgan fingerprint density at radius 1 is 0.304 bits per heavy atom. The fourth-order valence-corrected chi connectivity index (χ4v) is 8.33. The molecule has 0 aliphatic heterocycles. The summed E-state index contributed by atoms with van der Waals surface area (Å²) < 4.78 is 16.8. The van der Waals surface area contributed by atoms with Crippen LogP contribution < -0.4 is 0 Å². The van der Waals surface area contributed by atoms with Crippen molar-refractivity contribution in [3.63, 3.8) is 0 Å². The quantitative estimate of drug-likeness (QED) is 0.0262. The van der Waals surface area contributed by atoms with Gasteiger partial charge in [-0.05, 0) is 70.6 Å². The highest BCUT2D eigenvalue weighted by Gasteiger charge is 2.19. The maximum atomic E-state index is 12.8. The molecule has 0 saturated heterocycles. The number of unbranched alkanes of at least 4 members (excludes halogenated alkanes) is 30. The first-order chi connectivity index (χ1) is 34.0. The molecular weight excluding hydrogens is 853 g/mol. The van der Waals surface area contributed by atoms with Crippen molar-refractivity contribution in [2.75, 3.05) is 13.2 Å². The second kappa shape index (κ2) is 57.4. The van der Waals surface area contributed by atoms with Crippen LogP contribution in [0.25, 0.3) is 0 Å². The van der Waals surface area contributed by atoms with Gasteiger partial charge >= 0.3 is 17.9 Å². The van der Waals surface area contributed by atoms with Gasteiger partial charge in [0, 0.05) is 19.3 Å². The van der Waals surface area contributed by atoms with Crippen molar-refractivity contribution in [1.29, 1.82) is 0 Å². The molecule has 0 amide bonds. The fraction of sp³-hybridized carbons (Fsp3) is 0.762. The van der Waals surface area contributed by atoms with Crippen molar-refractivity contribution in [3.05, 3.63) is 72.9 Å². The van der Waals surface area contributed by atoms with E-state index < -0.39 is 6.10 Å². The molecule has 1 atom stereocenters. The number of allylic oxidation sites excluding steroid dienone is 12. The van der Waals surface area contributed by atoms with Gasteiger partial charge in [-0.15, -0.1) is 0 Å². The largest absolute Gasteiger partial charge is 0.462 e. The molecule has 0 spiro atoms. The van der Waals surface area contributed by atoms with Crippen molar-refractivity contribution in [2.24, 2.45) is 0 Å². The van der Waals surface area contributed by atoms with E-state index in [1.54, 1.807) is 0 Å². The van der Waals surface area contributed by atoms with Gasteiger partial charge in [-0.2, -0.15) is 0 Å². The Morgan fingerprint density at radius 2 is 0.565 bits per heavy atom. The maximum Gasteiger partial charge on any atom is 0.306 e. The highest BCUT2D eigenvalue weighted by molar-refractivity contribution is 5.71. The zero-order valence-electron chi connectivity index (χ0n) is 45.6. The standard InChI is InChI=1S/C63H110O6/c1-4-7-10-13-16-18-20-22-24-26-27-28-29-30-31-32-33-34-35-36-37-38-40-41-43-45-47-50-53-56-62(65)68-59-60(58-67-61(64)55-52-49-15-12-9-6-3)69-63(66)57-54-51-48-46-44-42-39-25-23-21-19-17-14-11-8-5-2/h7,10,16,18,22,24,27-28,30-31,33-34,60H,4-6,8-9,11-15,17,19-21,23,25-26,29,32,35-59H2,1-3H3/b10-7-,18-16-,24-22-,28-27-,31-30-,34-33-. The second-order valence-electron chi connectivity index (χ2n) is 19.5. The first kappa shape index (κ1) is 65.8. The molecule has 0 N–H and O–H groups in total. The molecule has 6 heteroatoms. The molecule has 0 aliphatic rings. The van der Waals surface area contributed by atoms with Crippen LogP contribution in [0, 0.1) is 0 Å². The van der Waals surface area contributed by atoms with Crippen LogP contribution in [0.4, 0.5) is 0 Å². The smallest absolute Gasteiger partial charge is 0.306 e. The summed E-state index contributed by atoms with van der Waals surface area (Å²) in [7, 11) is 0. The summed E-state index contributed by atoms with van der Waals surface area (Å²) in [5.74, 6) is -0.877. The molecule has 0 bridgehead atoms. The molecule has 69 heavy (non-hydrogen) atoms. The molecule has 0 aromatic heterocycles. The van der Waals surface area contributed by atoms with Crippen LogP contribution in [-0.2, 0) is 28.6 Å². The molecule has 0 aliphatic carbocycles. The van der Waals surface area contributed by atoms with E-state index in [0.717, 1.165) is 96.3 Å². The van der Waals surface area contributed by atoms with Crippen LogP contribution >= 0.6 is 0 Å². The molecule has 0 saturated carbocycles. The Kier molecular flexibility index (Phi) is 54.8. The average Bonchev–Trinajstić information content (AvgIpc) is 3.35. The predicted molar refractivity (Wildman–Crippen MR) is 298 cm³/mol. The number of carbonyl (C=O) groups is 3. The van der Waals surface area contributed by atoms with Gasteiger partial charge < -0.3 is 14.2 Å². The molecule has 0 radical (unpaired) electrons. The third kappa shape index (κ3) is 55.6. The van der Waals surface area contributed by atoms with E-state index in [4.69, 9.17) is 14.2 Å². The van der Waals surface area contributed by atoms with E-state index in [-0.39, 0.29) is 31.1 Å². The van der Waals surface area contributed by atoms with E-state index in [0.29, 0.717) is 19.3 Å². The van der Waals surface area contributed by atoms with Crippen molar-refractivity contribution in [1.82, 2.24) is 0 Å². The average molecular weight is 964 g/mol. The van der Waals surface area contributed by atoms with Crippen LogP contribution in [0.2, 0.25) is 0 Å². The Morgan fingerprint density at radius 3 is 0.884 bits per heavy atom. The Labute approximate surface area is 427 Å². The summed E-state index contributed by atoms with van der Waals surface area (Å²) in [5.41, 5.74) is 0. The van der Waals surface area contributed by atoms with E-state index in [1.165, 1.54) is 154 Å². The number of esters is 3. The number of ether oxygens (including phenoxy) is 3. The lowest BCUT2D eigenvalue weighted by molar-refractivity contribution is -0.167.